The SMILES string of the molecule is CC(C)C(CN)CC(=O)NCC1CCCO1. The number of amides is 1. The Morgan fingerprint density at radius 2 is 2.31 bits per heavy atom. The number of hydrogen-bond donors (Lipinski definition) is 2. The third kappa shape index (κ3) is 4.49. The van der Waals surface area contributed by atoms with Crippen LogP contribution in [-0.4, -0.2) is 31.7 Å². The lowest BCUT2D eigenvalue weighted by molar-refractivity contribution is -0.122. The van der Waals surface area contributed by atoms with Gasteiger partial charge in [-0.2, -0.15) is 0 Å². The molecule has 4 nitrogen and oxygen atoms in total. The van der Waals surface area contributed by atoms with E-state index in [0.717, 1.165) is 19.4 Å². The zero-order valence-corrected chi connectivity index (χ0v) is 10.4. The largest absolute Gasteiger partial charge is 0.376 e. The lowest BCUT2D eigenvalue weighted by Gasteiger charge is -2.18. The van der Waals surface area contributed by atoms with Crippen LogP contribution in [0, 0.1) is 11.8 Å². The quantitative estimate of drug-likeness (QED) is 0.710. The minimum atomic E-state index is 0.0969. The number of nitrogens with one attached hydrogen (secondary N) is 1. The van der Waals surface area contributed by atoms with Gasteiger partial charge in [-0.1, -0.05) is 13.8 Å². The van der Waals surface area contributed by atoms with E-state index >= 15 is 0 Å². The second kappa shape index (κ2) is 6.86. The summed E-state index contributed by atoms with van der Waals surface area (Å²) in [7, 11) is 0. The lowest BCUT2D eigenvalue weighted by atomic mass is 9.92. The van der Waals surface area contributed by atoms with Crippen molar-refractivity contribution in [1.29, 1.82) is 0 Å². The molecular weight excluding hydrogens is 204 g/mol. The standard InChI is InChI=1S/C12H24N2O2/c1-9(2)10(7-13)6-12(15)14-8-11-4-3-5-16-11/h9-11H,3-8,13H2,1-2H3,(H,14,15). The number of carbonyl (C=O) groups excluding carboxylic acids is 1. The van der Waals surface area contributed by atoms with E-state index in [1.807, 2.05) is 0 Å². The van der Waals surface area contributed by atoms with Gasteiger partial charge < -0.3 is 15.8 Å². The van der Waals surface area contributed by atoms with E-state index in [1.165, 1.54) is 0 Å². The van der Waals surface area contributed by atoms with E-state index in [9.17, 15) is 4.79 Å². The van der Waals surface area contributed by atoms with Crippen LogP contribution in [0.1, 0.15) is 33.1 Å². The van der Waals surface area contributed by atoms with Crippen LogP contribution in [0.5, 0.6) is 0 Å². The fourth-order valence-electron chi connectivity index (χ4n) is 1.93. The number of nitrogens with two attached hydrogens (primary N) is 1. The Hall–Kier alpha value is -0.610. The molecule has 0 radical (unpaired) electrons. The summed E-state index contributed by atoms with van der Waals surface area (Å²) >= 11 is 0. The highest BCUT2D eigenvalue weighted by molar-refractivity contribution is 5.76. The van der Waals surface area contributed by atoms with Gasteiger partial charge in [0.2, 0.25) is 5.91 Å². The summed E-state index contributed by atoms with van der Waals surface area (Å²) in [4.78, 5) is 11.7. The molecule has 1 saturated heterocycles. The molecule has 94 valence electrons. The molecule has 16 heavy (non-hydrogen) atoms. The predicted octanol–water partition coefficient (Wildman–Crippen LogP) is 0.903. The summed E-state index contributed by atoms with van der Waals surface area (Å²) in [6.45, 7) is 6.26. The van der Waals surface area contributed by atoms with E-state index in [2.05, 4.69) is 19.2 Å². The molecule has 1 fully saturated rings. The van der Waals surface area contributed by atoms with Crippen molar-refractivity contribution >= 4 is 5.91 Å². The highest BCUT2D eigenvalue weighted by atomic mass is 16.5. The molecule has 0 bridgehead atoms. The first-order valence-corrected chi connectivity index (χ1v) is 6.21. The summed E-state index contributed by atoms with van der Waals surface area (Å²) in [5.74, 6) is 0.836. The van der Waals surface area contributed by atoms with Crippen LogP contribution >= 0.6 is 0 Å². The molecule has 0 aromatic heterocycles. The first kappa shape index (κ1) is 13.5. The lowest BCUT2D eigenvalue weighted by Crippen LogP contribution is -2.35. The van der Waals surface area contributed by atoms with Gasteiger partial charge in [-0.05, 0) is 31.2 Å². The third-order valence-corrected chi connectivity index (χ3v) is 3.24. The number of hydrogen-bond acceptors (Lipinski definition) is 3. The van der Waals surface area contributed by atoms with Gasteiger partial charge in [-0.15, -0.1) is 0 Å². The Bertz CT molecular complexity index is 213. The van der Waals surface area contributed by atoms with E-state index in [0.29, 0.717) is 25.4 Å². The van der Waals surface area contributed by atoms with Gasteiger partial charge in [0.15, 0.2) is 0 Å². The van der Waals surface area contributed by atoms with Crippen molar-refractivity contribution in [2.24, 2.45) is 17.6 Å². The van der Waals surface area contributed by atoms with E-state index < -0.39 is 0 Å². The molecule has 0 spiro atoms. The van der Waals surface area contributed by atoms with Crippen molar-refractivity contribution in [3.63, 3.8) is 0 Å². The molecule has 2 atom stereocenters. The summed E-state index contributed by atoms with van der Waals surface area (Å²) in [6.07, 6.45) is 2.92. The Morgan fingerprint density at radius 3 is 2.81 bits per heavy atom. The molecule has 0 aliphatic carbocycles. The highest BCUT2D eigenvalue weighted by Gasteiger charge is 2.19. The molecule has 3 N–H and O–H groups in total. The van der Waals surface area contributed by atoms with Crippen molar-refractivity contribution in [2.75, 3.05) is 19.7 Å². The highest BCUT2D eigenvalue weighted by Crippen LogP contribution is 2.14. The van der Waals surface area contributed by atoms with Crippen LogP contribution in [0.4, 0.5) is 0 Å². The van der Waals surface area contributed by atoms with Gasteiger partial charge >= 0.3 is 0 Å². The van der Waals surface area contributed by atoms with E-state index in [1.54, 1.807) is 0 Å². The summed E-state index contributed by atoms with van der Waals surface area (Å²) < 4.78 is 5.44. The molecular formula is C12H24N2O2. The van der Waals surface area contributed by atoms with Gasteiger partial charge in [0.1, 0.15) is 0 Å². The molecule has 1 amide bonds. The molecule has 1 rings (SSSR count). The Balaban J connectivity index is 2.18. The molecule has 1 aliphatic heterocycles. The average molecular weight is 228 g/mol. The molecule has 4 heteroatoms. The zero-order chi connectivity index (χ0) is 12.0. The molecule has 1 heterocycles. The zero-order valence-electron chi connectivity index (χ0n) is 10.4. The van der Waals surface area contributed by atoms with Crippen molar-refractivity contribution in [3.05, 3.63) is 0 Å². The third-order valence-electron chi connectivity index (χ3n) is 3.24. The molecule has 1 aliphatic rings. The first-order chi connectivity index (χ1) is 7.63. The Morgan fingerprint density at radius 1 is 1.56 bits per heavy atom. The maximum absolute atomic E-state index is 11.7. The van der Waals surface area contributed by atoms with E-state index in [4.69, 9.17) is 10.5 Å². The molecule has 0 aromatic carbocycles. The fourth-order valence-corrected chi connectivity index (χ4v) is 1.93. The van der Waals surface area contributed by atoms with Gasteiger partial charge in [0, 0.05) is 19.6 Å². The average Bonchev–Trinajstić information content (AvgIpc) is 2.75. The fraction of sp³-hybridized carbons (Fsp3) is 0.917. The second-order valence-corrected chi connectivity index (χ2v) is 4.88. The van der Waals surface area contributed by atoms with Crippen LogP contribution in [0.25, 0.3) is 0 Å². The van der Waals surface area contributed by atoms with Crippen molar-refractivity contribution < 1.29 is 9.53 Å². The predicted molar refractivity (Wildman–Crippen MR) is 64.0 cm³/mol. The van der Waals surface area contributed by atoms with Gasteiger partial charge in [-0.3, -0.25) is 4.79 Å². The first-order valence-electron chi connectivity index (χ1n) is 6.21. The van der Waals surface area contributed by atoms with Crippen LogP contribution in [0.3, 0.4) is 0 Å². The smallest absolute Gasteiger partial charge is 0.220 e. The monoisotopic (exact) mass is 228 g/mol. The summed E-state index contributed by atoms with van der Waals surface area (Å²) in [5, 5.41) is 2.92. The molecule has 0 saturated carbocycles. The van der Waals surface area contributed by atoms with Crippen LogP contribution in [-0.2, 0) is 9.53 Å². The number of carbonyl (C=O) groups is 1. The van der Waals surface area contributed by atoms with Gasteiger partial charge in [-0.25, -0.2) is 0 Å². The van der Waals surface area contributed by atoms with Crippen LogP contribution in [0.2, 0.25) is 0 Å². The number of rotatable bonds is 6. The molecule has 0 aromatic rings. The molecule has 2 unspecified atom stereocenters. The second-order valence-electron chi connectivity index (χ2n) is 4.88. The maximum atomic E-state index is 11.7. The van der Waals surface area contributed by atoms with Gasteiger partial charge in [0.25, 0.3) is 0 Å². The van der Waals surface area contributed by atoms with Crippen LogP contribution in [0.15, 0.2) is 0 Å². The van der Waals surface area contributed by atoms with Crippen LogP contribution < -0.4 is 11.1 Å². The summed E-state index contributed by atoms with van der Waals surface area (Å²) in [5.41, 5.74) is 5.64. The Labute approximate surface area is 97.9 Å². The normalized spacial score (nSPS) is 22.4. The topological polar surface area (TPSA) is 64.4 Å². The minimum Gasteiger partial charge on any atom is -0.376 e. The Kier molecular flexibility index (Phi) is 5.77. The maximum Gasteiger partial charge on any atom is 0.220 e. The van der Waals surface area contributed by atoms with Crippen molar-refractivity contribution in [2.45, 2.75) is 39.2 Å². The van der Waals surface area contributed by atoms with Crippen molar-refractivity contribution in [1.82, 2.24) is 5.32 Å². The summed E-state index contributed by atoms with van der Waals surface area (Å²) in [6, 6.07) is 0. The van der Waals surface area contributed by atoms with Crippen molar-refractivity contribution in [3.8, 4) is 0 Å². The van der Waals surface area contributed by atoms with E-state index in [-0.39, 0.29) is 17.9 Å². The number of ether oxygens (including phenoxy) is 1. The van der Waals surface area contributed by atoms with Gasteiger partial charge in [0.05, 0.1) is 6.10 Å². The minimum absolute atomic E-state index is 0.0969.